The lowest BCUT2D eigenvalue weighted by molar-refractivity contribution is -0.157. The Balaban J connectivity index is 2.14. The molecular weight excluding hydrogens is 248 g/mol. The summed E-state index contributed by atoms with van der Waals surface area (Å²) in [4.78, 5) is 12.7. The third kappa shape index (κ3) is 3.30. The number of carbonyl (C=O) groups is 1. The van der Waals surface area contributed by atoms with Crippen molar-refractivity contribution in [3.63, 3.8) is 0 Å². The number of ether oxygens (including phenoxy) is 1. The Labute approximate surface area is 121 Å². The summed E-state index contributed by atoms with van der Waals surface area (Å²) in [7, 11) is 0. The Bertz CT molecular complexity index is 446. The Morgan fingerprint density at radius 1 is 1.30 bits per heavy atom. The maximum absolute atomic E-state index is 12.7. The second-order valence-corrected chi connectivity index (χ2v) is 5.86. The second kappa shape index (κ2) is 6.74. The molecular formula is C18H24O2. The minimum absolute atomic E-state index is 0.101. The fourth-order valence-corrected chi connectivity index (χ4v) is 2.88. The molecule has 1 aliphatic rings. The van der Waals surface area contributed by atoms with Crippen molar-refractivity contribution in [1.29, 1.82) is 0 Å². The van der Waals surface area contributed by atoms with E-state index in [1.165, 1.54) is 19.3 Å². The highest BCUT2D eigenvalue weighted by molar-refractivity contribution is 5.83. The molecule has 1 aromatic carbocycles. The summed E-state index contributed by atoms with van der Waals surface area (Å²) < 4.78 is 5.78. The van der Waals surface area contributed by atoms with Crippen LogP contribution in [0, 0.1) is 0 Å². The average Bonchev–Trinajstić information content (AvgIpc) is 2.49. The predicted molar refractivity (Wildman–Crippen MR) is 81.6 cm³/mol. The van der Waals surface area contributed by atoms with E-state index in [0.717, 1.165) is 18.4 Å². The zero-order valence-electron chi connectivity index (χ0n) is 12.3. The number of esters is 1. The molecule has 2 rings (SSSR count). The smallest absolute Gasteiger partial charge is 0.316 e. The molecule has 0 amide bonds. The number of carbonyl (C=O) groups excluding carboxylic acids is 1. The number of allylic oxidation sites excluding steroid dienone is 1. The lowest BCUT2D eigenvalue weighted by Gasteiger charge is -2.30. The van der Waals surface area contributed by atoms with Gasteiger partial charge >= 0.3 is 5.97 Å². The summed E-state index contributed by atoms with van der Waals surface area (Å²) >= 11 is 0. The van der Waals surface area contributed by atoms with Crippen LogP contribution in [0.2, 0.25) is 0 Å². The van der Waals surface area contributed by atoms with E-state index in [9.17, 15) is 4.79 Å². The summed E-state index contributed by atoms with van der Waals surface area (Å²) in [5, 5.41) is 0. The maximum Gasteiger partial charge on any atom is 0.316 e. The summed E-state index contributed by atoms with van der Waals surface area (Å²) in [6.07, 6.45) is 8.11. The molecule has 0 spiro atoms. The first-order chi connectivity index (χ1) is 9.66. The highest BCUT2D eigenvalue weighted by Crippen LogP contribution is 2.31. The zero-order chi connectivity index (χ0) is 14.4. The topological polar surface area (TPSA) is 26.3 Å². The van der Waals surface area contributed by atoms with Crippen LogP contribution >= 0.6 is 0 Å². The lowest BCUT2D eigenvalue weighted by atomic mass is 9.79. The minimum Gasteiger partial charge on any atom is -0.462 e. The summed E-state index contributed by atoms with van der Waals surface area (Å²) in [6, 6.07) is 9.87. The molecule has 1 saturated carbocycles. The van der Waals surface area contributed by atoms with Gasteiger partial charge in [0.15, 0.2) is 0 Å². The van der Waals surface area contributed by atoms with E-state index >= 15 is 0 Å². The van der Waals surface area contributed by atoms with Gasteiger partial charge in [-0.3, -0.25) is 4.79 Å². The molecule has 1 aliphatic carbocycles. The molecule has 1 unspecified atom stereocenters. The normalized spacial score (nSPS) is 19.1. The maximum atomic E-state index is 12.7. The van der Waals surface area contributed by atoms with E-state index in [-0.39, 0.29) is 12.1 Å². The van der Waals surface area contributed by atoms with Crippen LogP contribution in [0.15, 0.2) is 43.0 Å². The first-order valence-electron chi connectivity index (χ1n) is 7.54. The molecule has 0 aromatic heterocycles. The molecule has 1 aromatic rings. The van der Waals surface area contributed by atoms with Crippen LogP contribution in [0.25, 0.3) is 0 Å². The van der Waals surface area contributed by atoms with Gasteiger partial charge in [0.1, 0.15) is 6.10 Å². The molecule has 0 aliphatic heterocycles. The van der Waals surface area contributed by atoms with Crippen molar-refractivity contribution in [3.05, 3.63) is 48.6 Å². The number of hydrogen-bond donors (Lipinski definition) is 0. The van der Waals surface area contributed by atoms with Gasteiger partial charge in [0.25, 0.3) is 0 Å². The fourth-order valence-electron chi connectivity index (χ4n) is 2.88. The van der Waals surface area contributed by atoms with Crippen molar-refractivity contribution in [1.82, 2.24) is 0 Å². The third-order valence-electron chi connectivity index (χ3n) is 4.24. The number of hydrogen-bond acceptors (Lipinski definition) is 2. The van der Waals surface area contributed by atoms with Gasteiger partial charge in [-0.15, -0.1) is 6.58 Å². The fraction of sp³-hybridized carbons (Fsp3) is 0.500. The van der Waals surface area contributed by atoms with Crippen LogP contribution < -0.4 is 0 Å². The number of rotatable bonds is 5. The molecule has 1 atom stereocenters. The first-order valence-corrected chi connectivity index (χ1v) is 7.54. The highest BCUT2D eigenvalue weighted by atomic mass is 16.5. The largest absolute Gasteiger partial charge is 0.462 e. The summed E-state index contributed by atoms with van der Waals surface area (Å²) in [6.45, 7) is 5.75. The SMILES string of the molecule is C=CCC(C)(C(=O)OC1CCCCC1)c1ccccc1. The van der Waals surface area contributed by atoms with E-state index in [1.54, 1.807) is 6.08 Å². The Kier molecular flexibility index (Phi) is 4.99. The molecule has 20 heavy (non-hydrogen) atoms. The third-order valence-corrected chi connectivity index (χ3v) is 4.24. The van der Waals surface area contributed by atoms with Crippen molar-refractivity contribution in [2.45, 2.75) is 57.0 Å². The summed E-state index contributed by atoms with van der Waals surface area (Å²) in [5.41, 5.74) is 0.376. The van der Waals surface area contributed by atoms with Crippen molar-refractivity contribution in [2.24, 2.45) is 0 Å². The molecule has 2 heteroatoms. The standard InChI is InChI=1S/C18H24O2/c1-3-14-18(2,15-10-6-4-7-11-15)17(19)20-16-12-8-5-9-13-16/h3-4,6-7,10-11,16H,1,5,8-9,12-14H2,2H3. The molecule has 0 radical (unpaired) electrons. The molecule has 0 saturated heterocycles. The van der Waals surface area contributed by atoms with Gasteiger partial charge in [-0.2, -0.15) is 0 Å². The van der Waals surface area contributed by atoms with Crippen LogP contribution in [0.1, 0.15) is 51.0 Å². The Hall–Kier alpha value is -1.57. The Morgan fingerprint density at radius 3 is 2.55 bits per heavy atom. The second-order valence-electron chi connectivity index (χ2n) is 5.86. The van der Waals surface area contributed by atoms with Gasteiger partial charge in [0.2, 0.25) is 0 Å². The average molecular weight is 272 g/mol. The first kappa shape index (κ1) is 14.8. The van der Waals surface area contributed by atoms with E-state index in [0.29, 0.717) is 6.42 Å². The molecule has 1 fully saturated rings. The van der Waals surface area contributed by atoms with Crippen LogP contribution in [-0.2, 0) is 14.9 Å². The highest BCUT2D eigenvalue weighted by Gasteiger charge is 2.37. The van der Waals surface area contributed by atoms with Gasteiger partial charge in [-0.25, -0.2) is 0 Å². The molecule has 2 nitrogen and oxygen atoms in total. The van der Waals surface area contributed by atoms with Gasteiger partial charge in [0.05, 0.1) is 5.41 Å². The molecule has 108 valence electrons. The summed E-state index contributed by atoms with van der Waals surface area (Å²) in [5.74, 6) is -0.115. The van der Waals surface area contributed by atoms with Crippen molar-refractivity contribution < 1.29 is 9.53 Å². The molecule has 0 heterocycles. The van der Waals surface area contributed by atoms with Crippen molar-refractivity contribution in [3.8, 4) is 0 Å². The van der Waals surface area contributed by atoms with Crippen molar-refractivity contribution >= 4 is 5.97 Å². The quantitative estimate of drug-likeness (QED) is 0.586. The minimum atomic E-state index is -0.625. The van der Waals surface area contributed by atoms with E-state index in [2.05, 4.69) is 6.58 Å². The van der Waals surface area contributed by atoms with Gasteiger partial charge in [0, 0.05) is 0 Å². The molecule has 0 bridgehead atoms. The van der Waals surface area contributed by atoms with Gasteiger partial charge in [-0.05, 0) is 44.6 Å². The predicted octanol–water partition coefficient (Wildman–Crippen LogP) is 4.40. The Morgan fingerprint density at radius 2 is 1.95 bits per heavy atom. The van der Waals surface area contributed by atoms with Crippen LogP contribution in [-0.4, -0.2) is 12.1 Å². The van der Waals surface area contributed by atoms with Gasteiger partial charge in [-0.1, -0.05) is 42.8 Å². The lowest BCUT2D eigenvalue weighted by Crippen LogP contribution is -2.37. The van der Waals surface area contributed by atoms with Gasteiger partial charge < -0.3 is 4.74 Å². The zero-order valence-corrected chi connectivity index (χ0v) is 12.3. The van der Waals surface area contributed by atoms with Crippen LogP contribution in [0.4, 0.5) is 0 Å². The monoisotopic (exact) mass is 272 g/mol. The van der Waals surface area contributed by atoms with Crippen LogP contribution in [0.5, 0.6) is 0 Å². The van der Waals surface area contributed by atoms with E-state index < -0.39 is 5.41 Å². The van der Waals surface area contributed by atoms with Crippen LogP contribution in [0.3, 0.4) is 0 Å². The number of benzene rings is 1. The van der Waals surface area contributed by atoms with E-state index in [4.69, 9.17) is 4.74 Å². The van der Waals surface area contributed by atoms with E-state index in [1.807, 2.05) is 37.3 Å². The molecule has 0 N–H and O–H groups in total. The van der Waals surface area contributed by atoms with Crippen molar-refractivity contribution in [2.75, 3.05) is 0 Å².